The van der Waals surface area contributed by atoms with Gasteiger partial charge < -0.3 is 9.80 Å². The van der Waals surface area contributed by atoms with E-state index in [-0.39, 0.29) is 0 Å². The maximum absolute atomic E-state index is 14.0. The molecule has 31 heavy (non-hydrogen) atoms. The molecule has 0 N–H and O–H groups in total. The number of aryl methyl sites for hydroxylation is 1. The van der Waals surface area contributed by atoms with Crippen molar-refractivity contribution in [3.63, 3.8) is 0 Å². The number of amides is 1. The van der Waals surface area contributed by atoms with Crippen molar-refractivity contribution in [3.05, 3.63) is 76.6 Å². The zero-order valence-electron chi connectivity index (χ0n) is 16.7. The first kappa shape index (κ1) is 21.2. The van der Waals surface area contributed by atoms with Gasteiger partial charge in [0, 0.05) is 36.9 Å². The molecule has 0 radical (unpaired) electrons. The van der Waals surface area contributed by atoms with Gasteiger partial charge in [-0.2, -0.15) is 18.3 Å². The van der Waals surface area contributed by atoms with Crippen LogP contribution in [0, 0.1) is 6.92 Å². The number of halogens is 4. The number of anilines is 1. The fraction of sp³-hybridized carbons (Fsp3) is 0.273. The Labute approximate surface area is 182 Å². The van der Waals surface area contributed by atoms with Crippen molar-refractivity contribution in [2.24, 2.45) is 0 Å². The highest BCUT2D eigenvalue weighted by molar-refractivity contribution is 6.30. The van der Waals surface area contributed by atoms with E-state index in [0.717, 1.165) is 16.6 Å². The van der Waals surface area contributed by atoms with Crippen molar-refractivity contribution in [2.75, 3.05) is 31.1 Å². The molecule has 162 valence electrons. The topological polar surface area (TPSA) is 41.4 Å². The van der Waals surface area contributed by atoms with E-state index in [1.807, 2.05) is 18.2 Å². The molecule has 1 aromatic heterocycles. The molecule has 1 fully saturated rings. The van der Waals surface area contributed by atoms with Crippen LogP contribution in [0.1, 0.15) is 21.6 Å². The molecule has 2 aromatic carbocycles. The van der Waals surface area contributed by atoms with Crippen molar-refractivity contribution in [2.45, 2.75) is 13.1 Å². The molecule has 0 unspecified atom stereocenters. The van der Waals surface area contributed by atoms with Gasteiger partial charge >= 0.3 is 6.18 Å². The molecule has 0 spiro atoms. The minimum atomic E-state index is -4.73. The second kappa shape index (κ2) is 8.26. The van der Waals surface area contributed by atoms with Crippen LogP contribution in [0.4, 0.5) is 18.9 Å². The summed E-state index contributed by atoms with van der Waals surface area (Å²) in [7, 11) is 0. The molecular weight excluding hydrogens is 429 g/mol. The highest BCUT2D eigenvalue weighted by Crippen LogP contribution is 2.35. The summed E-state index contributed by atoms with van der Waals surface area (Å²) in [5.41, 5.74) is 0.351. The van der Waals surface area contributed by atoms with E-state index < -0.39 is 23.3 Å². The van der Waals surface area contributed by atoms with Gasteiger partial charge in [0.1, 0.15) is 0 Å². The van der Waals surface area contributed by atoms with Gasteiger partial charge in [-0.15, -0.1) is 0 Å². The van der Waals surface area contributed by atoms with Crippen LogP contribution in [0.15, 0.2) is 54.7 Å². The molecule has 1 saturated heterocycles. The molecule has 2 heterocycles. The molecule has 1 amide bonds. The van der Waals surface area contributed by atoms with E-state index >= 15 is 0 Å². The lowest BCUT2D eigenvalue weighted by Gasteiger charge is -2.36. The average molecular weight is 449 g/mol. The number of carbonyl (C=O) groups is 1. The Balaban J connectivity index is 1.59. The normalized spacial score (nSPS) is 14.7. The fourth-order valence-corrected chi connectivity index (χ4v) is 3.96. The molecule has 0 aliphatic carbocycles. The Hall–Kier alpha value is -3.00. The van der Waals surface area contributed by atoms with Crippen molar-refractivity contribution >= 4 is 23.2 Å². The molecule has 1 aliphatic rings. The third-order valence-electron chi connectivity index (χ3n) is 5.35. The number of carbonyl (C=O) groups excluding carboxylic acids is 1. The predicted octanol–water partition coefficient (Wildman–Crippen LogP) is 4.82. The van der Waals surface area contributed by atoms with Crippen LogP contribution >= 0.6 is 11.6 Å². The van der Waals surface area contributed by atoms with Crippen LogP contribution in [0.25, 0.3) is 5.69 Å². The van der Waals surface area contributed by atoms with E-state index in [4.69, 9.17) is 11.6 Å². The number of aromatic nitrogens is 2. The minimum absolute atomic E-state index is 0.291. The van der Waals surface area contributed by atoms with Gasteiger partial charge in [0.15, 0.2) is 5.69 Å². The van der Waals surface area contributed by atoms with Crippen LogP contribution in [0.2, 0.25) is 5.02 Å². The summed E-state index contributed by atoms with van der Waals surface area (Å²) in [6.45, 7) is 3.31. The zero-order chi connectivity index (χ0) is 22.2. The van der Waals surface area contributed by atoms with Crippen LogP contribution in [0.5, 0.6) is 0 Å². The Bertz CT molecular complexity index is 1100. The molecule has 0 saturated carbocycles. The number of benzene rings is 2. The Kier molecular flexibility index (Phi) is 5.66. The monoisotopic (exact) mass is 448 g/mol. The van der Waals surface area contributed by atoms with Crippen molar-refractivity contribution in [1.82, 2.24) is 14.7 Å². The summed E-state index contributed by atoms with van der Waals surface area (Å²) in [6.07, 6.45) is -3.71. The quantitative estimate of drug-likeness (QED) is 0.577. The third-order valence-corrected chi connectivity index (χ3v) is 5.59. The fourth-order valence-electron chi connectivity index (χ4n) is 3.77. The number of hydrogen-bond acceptors (Lipinski definition) is 3. The van der Waals surface area contributed by atoms with Crippen LogP contribution in [0.3, 0.4) is 0 Å². The number of piperazine rings is 1. The summed E-state index contributed by atoms with van der Waals surface area (Å²) in [6, 6.07) is 14.0. The van der Waals surface area contributed by atoms with E-state index in [1.165, 1.54) is 4.90 Å². The van der Waals surface area contributed by atoms with Gasteiger partial charge in [0.05, 0.1) is 17.4 Å². The second-order valence-corrected chi connectivity index (χ2v) is 7.80. The minimum Gasteiger partial charge on any atom is -0.368 e. The lowest BCUT2D eigenvalue weighted by atomic mass is 10.1. The average Bonchev–Trinajstić information content (AvgIpc) is 3.19. The smallest absolute Gasteiger partial charge is 0.368 e. The van der Waals surface area contributed by atoms with Crippen LogP contribution in [-0.2, 0) is 6.18 Å². The lowest BCUT2D eigenvalue weighted by molar-refractivity contribution is -0.143. The number of rotatable bonds is 3. The van der Waals surface area contributed by atoms with Crippen LogP contribution in [-0.4, -0.2) is 46.8 Å². The van der Waals surface area contributed by atoms with Gasteiger partial charge in [-0.05, 0) is 36.8 Å². The third kappa shape index (κ3) is 4.25. The standard InChI is InChI=1S/C22H20ClF3N4O/c1-15-5-2-3-8-19(15)30-20(22(24,25)26)18(14-27-30)21(31)29-11-9-28(10-12-29)17-7-4-6-16(23)13-17/h2-8,13-14H,9-12H2,1H3. The van der Waals surface area contributed by atoms with Gasteiger partial charge in [0.2, 0.25) is 0 Å². The molecule has 0 atom stereocenters. The Morgan fingerprint density at radius 1 is 1.03 bits per heavy atom. The summed E-state index contributed by atoms with van der Waals surface area (Å²) in [5.74, 6) is -0.669. The zero-order valence-corrected chi connectivity index (χ0v) is 17.5. The van der Waals surface area contributed by atoms with Crippen molar-refractivity contribution in [1.29, 1.82) is 0 Å². The van der Waals surface area contributed by atoms with Crippen molar-refractivity contribution in [3.8, 4) is 5.69 Å². The summed E-state index contributed by atoms with van der Waals surface area (Å²) in [5, 5.41) is 4.53. The van der Waals surface area contributed by atoms with Gasteiger partial charge in [-0.3, -0.25) is 4.79 Å². The Morgan fingerprint density at radius 3 is 2.39 bits per heavy atom. The maximum Gasteiger partial charge on any atom is 0.434 e. The van der Waals surface area contributed by atoms with Gasteiger partial charge in [-0.1, -0.05) is 35.9 Å². The maximum atomic E-state index is 14.0. The molecule has 9 heteroatoms. The number of hydrogen-bond donors (Lipinski definition) is 0. The number of nitrogens with zero attached hydrogens (tertiary/aromatic N) is 4. The molecule has 5 nitrogen and oxygen atoms in total. The van der Waals surface area contributed by atoms with Crippen molar-refractivity contribution < 1.29 is 18.0 Å². The predicted molar refractivity (Wildman–Crippen MR) is 113 cm³/mol. The first-order valence-corrected chi connectivity index (χ1v) is 10.1. The summed E-state index contributed by atoms with van der Waals surface area (Å²) in [4.78, 5) is 16.5. The SMILES string of the molecule is Cc1ccccc1-n1ncc(C(=O)N2CCN(c3cccc(Cl)c3)CC2)c1C(F)(F)F. The second-order valence-electron chi connectivity index (χ2n) is 7.36. The first-order chi connectivity index (χ1) is 14.8. The Morgan fingerprint density at radius 2 is 1.74 bits per heavy atom. The summed E-state index contributed by atoms with van der Waals surface area (Å²) >= 11 is 6.04. The van der Waals surface area contributed by atoms with E-state index in [9.17, 15) is 18.0 Å². The molecule has 0 bridgehead atoms. The van der Waals surface area contributed by atoms with E-state index in [0.29, 0.717) is 42.5 Å². The largest absolute Gasteiger partial charge is 0.434 e. The first-order valence-electron chi connectivity index (χ1n) is 9.76. The van der Waals surface area contributed by atoms with E-state index in [2.05, 4.69) is 10.00 Å². The lowest BCUT2D eigenvalue weighted by Crippen LogP contribution is -2.49. The molecular formula is C22H20ClF3N4O. The number of alkyl halides is 3. The highest BCUT2D eigenvalue weighted by atomic mass is 35.5. The van der Waals surface area contributed by atoms with Gasteiger partial charge in [-0.25, -0.2) is 4.68 Å². The number of para-hydroxylation sites is 1. The molecule has 4 rings (SSSR count). The highest BCUT2D eigenvalue weighted by Gasteiger charge is 2.42. The summed E-state index contributed by atoms with van der Waals surface area (Å²) < 4.78 is 42.7. The molecule has 1 aliphatic heterocycles. The van der Waals surface area contributed by atoms with E-state index in [1.54, 1.807) is 37.3 Å². The molecule has 3 aromatic rings. The van der Waals surface area contributed by atoms with Crippen LogP contribution < -0.4 is 4.90 Å². The van der Waals surface area contributed by atoms with Gasteiger partial charge in [0.25, 0.3) is 5.91 Å².